The highest BCUT2D eigenvalue weighted by molar-refractivity contribution is 9.10. The Morgan fingerprint density at radius 2 is 1.67 bits per heavy atom. The number of H-pyrrole nitrogens is 1. The first-order valence-corrected chi connectivity index (χ1v) is 11.4. The van der Waals surface area contributed by atoms with E-state index >= 15 is 0 Å². The number of carboxylic acids is 1. The van der Waals surface area contributed by atoms with Crippen molar-refractivity contribution in [2.45, 2.75) is 18.4 Å². The Kier molecular flexibility index (Phi) is 5.64. The number of hydrogen-bond donors (Lipinski definition) is 3. The highest BCUT2D eigenvalue weighted by atomic mass is 79.9. The van der Waals surface area contributed by atoms with Crippen molar-refractivity contribution in [3.63, 3.8) is 0 Å². The van der Waals surface area contributed by atoms with E-state index in [0.29, 0.717) is 0 Å². The van der Waals surface area contributed by atoms with Gasteiger partial charge in [-0.2, -0.15) is 0 Å². The Morgan fingerprint density at radius 3 is 2.33 bits per heavy atom. The Balaban J connectivity index is 1.29. The topological polar surface area (TPSA) is 91.4 Å². The van der Waals surface area contributed by atoms with E-state index < -0.39 is 18.1 Å². The van der Waals surface area contributed by atoms with Gasteiger partial charge in [-0.3, -0.25) is 0 Å². The number of halogens is 1. The van der Waals surface area contributed by atoms with Crippen molar-refractivity contribution in [3.8, 4) is 11.1 Å². The first-order chi connectivity index (χ1) is 16.0. The van der Waals surface area contributed by atoms with Gasteiger partial charge in [0.25, 0.3) is 0 Å². The monoisotopic (exact) mass is 504 g/mol. The number of alkyl carbamates (subject to hydrolysis) is 1. The van der Waals surface area contributed by atoms with Gasteiger partial charge in [0.05, 0.1) is 0 Å². The van der Waals surface area contributed by atoms with Crippen LogP contribution in [0.5, 0.6) is 0 Å². The van der Waals surface area contributed by atoms with E-state index in [2.05, 4.69) is 38.4 Å². The summed E-state index contributed by atoms with van der Waals surface area (Å²) < 4.78 is 6.38. The molecule has 0 bridgehead atoms. The van der Waals surface area contributed by atoms with Crippen LogP contribution in [0.25, 0.3) is 22.0 Å². The van der Waals surface area contributed by atoms with Crippen LogP contribution in [0.15, 0.2) is 77.4 Å². The summed E-state index contributed by atoms with van der Waals surface area (Å²) in [5, 5.41) is 13.1. The van der Waals surface area contributed by atoms with Crippen LogP contribution >= 0.6 is 15.9 Å². The Bertz CT molecular complexity index is 1320. The van der Waals surface area contributed by atoms with Crippen molar-refractivity contribution in [2.75, 3.05) is 6.61 Å². The van der Waals surface area contributed by atoms with Gasteiger partial charge >= 0.3 is 12.1 Å². The number of nitrogens with one attached hydrogen (secondary N) is 2. The molecule has 1 amide bonds. The number of carbonyl (C=O) groups excluding carboxylic acids is 1. The molecular formula is C26H21BrN2O4. The number of aromatic amines is 1. The molecule has 4 aromatic rings. The molecular weight excluding hydrogens is 484 g/mol. The summed E-state index contributed by atoms with van der Waals surface area (Å²) in [5.41, 5.74) is 6.16. The van der Waals surface area contributed by atoms with E-state index in [1.165, 1.54) is 0 Å². The largest absolute Gasteiger partial charge is 0.480 e. The number of benzene rings is 3. The molecule has 1 heterocycles. The standard InChI is InChI=1S/C26H21BrN2O4/c27-21-10-5-11-22-24(21)15(13-28-22)12-23(25(30)31)29-26(32)33-14-20-18-8-3-1-6-16(18)17-7-2-4-9-19(17)20/h1-11,13,20,23,28H,12,14H2,(H,29,32)(H,30,31). The van der Waals surface area contributed by atoms with Gasteiger partial charge in [-0.25, -0.2) is 9.59 Å². The van der Waals surface area contributed by atoms with E-state index in [9.17, 15) is 14.7 Å². The first-order valence-electron chi connectivity index (χ1n) is 10.6. The molecule has 1 unspecified atom stereocenters. The average molecular weight is 505 g/mol. The summed E-state index contributed by atoms with van der Waals surface area (Å²) >= 11 is 3.51. The second-order valence-electron chi connectivity index (χ2n) is 8.04. The van der Waals surface area contributed by atoms with Crippen LogP contribution in [-0.2, 0) is 16.0 Å². The SMILES string of the molecule is O=C(NC(Cc1c[nH]c2cccc(Br)c12)C(=O)O)OCC1c2ccccc2-c2ccccc21. The van der Waals surface area contributed by atoms with Crippen molar-refractivity contribution in [1.29, 1.82) is 0 Å². The van der Waals surface area contributed by atoms with Crippen molar-refractivity contribution in [2.24, 2.45) is 0 Å². The van der Waals surface area contributed by atoms with Crippen LogP contribution in [-0.4, -0.2) is 34.8 Å². The molecule has 166 valence electrons. The third-order valence-corrected chi connectivity index (χ3v) is 6.76. The molecule has 1 aromatic heterocycles. The minimum atomic E-state index is -1.12. The van der Waals surface area contributed by atoms with E-state index in [4.69, 9.17) is 4.74 Å². The maximum atomic E-state index is 12.6. The summed E-state index contributed by atoms with van der Waals surface area (Å²) in [4.78, 5) is 27.6. The van der Waals surface area contributed by atoms with Crippen LogP contribution in [0.3, 0.4) is 0 Å². The minimum absolute atomic E-state index is 0.0870. The number of ether oxygens (including phenoxy) is 1. The van der Waals surface area contributed by atoms with Crippen molar-refractivity contribution in [3.05, 3.63) is 94.1 Å². The van der Waals surface area contributed by atoms with Crippen molar-refractivity contribution in [1.82, 2.24) is 10.3 Å². The quantitative estimate of drug-likeness (QED) is 0.324. The molecule has 0 fully saturated rings. The molecule has 1 aliphatic carbocycles. The van der Waals surface area contributed by atoms with Crippen molar-refractivity contribution < 1.29 is 19.4 Å². The van der Waals surface area contributed by atoms with Crippen LogP contribution in [0, 0.1) is 0 Å². The summed E-state index contributed by atoms with van der Waals surface area (Å²) in [5.74, 6) is -1.21. The lowest BCUT2D eigenvalue weighted by Gasteiger charge is -2.17. The van der Waals surface area contributed by atoms with E-state index in [-0.39, 0.29) is 18.9 Å². The molecule has 7 heteroatoms. The molecule has 0 aliphatic heterocycles. The third-order valence-electron chi connectivity index (χ3n) is 6.09. The number of aliphatic carboxylic acids is 1. The summed E-state index contributed by atoms with van der Waals surface area (Å²) in [6.45, 7) is 0.130. The van der Waals surface area contributed by atoms with Crippen LogP contribution < -0.4 is 5.32 Å². The lowest BCUT2D eigenvalue weighted by Crippen LogP contribution is -2.42. The fraction of sp³-hybridized carbons (Fsp3) is 0.154. The normalized spacial score (nSPS) is 13.4. The van der Waals surface area contributed by atoms with Gasteiger partial charge in [0.2, 0.25) is 0 Å². The highest BCUT2D eigenvalue weighted by Gasteiger charge is 2.30. The molecule has 0 spiro atoms. The molecule has 0 saturated carbocycles. The number of amides is 1. The van der Waals surface area contributed by atoms with Gasteiger partial charge < -0.3 is 20.1 Å². The summed E-state index contributed by atoms with van der Waals surface area (Å²) in [6, 6.07) is 20.7. The fourth-order valence-corrected chi connectivity index (χ4v) is 5.19. The molecule has 33 heavy (non-hydrogen) atoms. The average Bonchev–Trinajstić information content (AvgIpc) is 3.37. The zero-order valence-electron chi connectivity index (χ0n) is 17.5. The first kappa shape index (κ1) is 21.3. The molecule has 1 aliphatic rings. The smallest absolute Gasteiger partial charge is 0.407 e. The van der Waals surface area contributed by atoms with Gasteiger partial charge in [0.15, 0.2) is 0 Å². The number of aromatic nitrogens is 1. The molecule has 0 radical (unpaired) electrons. The van der Waals surface area contributed by atoms with Crippen molar-refractivity contribution >= 4 is 38.9 Å². The van der Waals surface area contributed by atoms with Crippen LogP contribution in [0.4, 0.5) is 4.79 Å². The summed E-state index contributed by atoms with van der Waals surface area (Å²) in [6.07, 6.45) is 1.15. The van der Waals surface area contributed by atoms with Gasteiger partial charge in [-0.05, 0) is 39.9 Å². The second-order valence-corrected chi connectivity index (χ2v) is 8.90. The van der Waals surface area contributed by atoms with E-state index in [1.807, 2.05) is 54.6 Å². The number of carbonyl (C=O) groups is 2. The number of carboxylic acid groups (broad SMARTS) is 1. The summed E-state index contributed by atoms with van der Waals surface area (Å²) in [7, 11) is 0. The lowest BCUT2D eigenvalue weighted by molar-refractivity contribution is -0.139. The van der Waals surface area contributed by atoms with Crippen LogP contribution in [0.2, 0.25) is 0 Å². The predicted octanol–water partition coefficient (Wildman–Crippen LogP) is 5.46. The zero-order chi connectivity index (χ0) is 22.9. The number of rotatable bonds is 6. The third kappa shape index (κ3) is 4.00. The molecule has 5 rings (SSSR count). The minimum Gasteiger partial charge on any atom is -0.480 e. The maximum absolute atomic E-state index is 12.6. The number of fused-ring (bicyclic) bond motifs is 4. The van der Waals surface area contributed by atoms with Gasteiger partial charge in [0.1, 0.15) is 12.6 Å². The molecule has 1 atom stereocenters. The Labute approximate surface area is 198 Å². The molecule has 3 aromatic carbocycles. The van der Waals surface area contributed by atoms with E-state index in [0.717, 1.165) is 43.2 Å². The molecule has 6 nitrogen and oxygen atoms in total. The van der Waals surface area contributed by atoms with Crippen LogP contribution in [0.1, 0.15) is 22.6 Å². The predicted molar refractivity (Wildman–Crippen MR) is 129 cm³/mol. The van der Waals surface area contributed by atoms with E-state index in [1.54, 1.807) is 6.20 Å². The Hall–Kier alpha value is -3.58. The highest BCUT2D eigenvalue weighted by Crippen LogP contribution is 2.44. The fourth-order valence-electron chi connectivity index (χ4n) is 4.57. The van der Waals surface area contributed by atoms with Gasteiger partial charge in [-0.1, -0.05) is 70.5 Å². The Morgan fingerprint density at radius 1 is 1.00 bits per heavy atom. The molecule has 0 saturated heterocycles. The van der Waals surface area contributed by atoms with Gasteiger partial charge in [0, 0.05) is 33.9 Å². The van der Waals surface area contributed by atoms with Gasteiger partial charge in [-0.15, -0.1) is 0 Å². The zero-order valence-corrected chi connectivity index (χ0v) is 19.1. The number of hydrogen-bond acceptors (Lipinski definition) is 3. The second kappa shape index (κ2) is 8.75. The maximum Gasteiger partial charge on any atom is 0.407 e. The molecule has 3 N–H and O–H groups in total. The lowest BCUT2D eigenvalue weighted by atomic mass is 9.98.